The molecule has 1 aliphatic rings. The van der Waals surface area contributed by atoms with Crippen LogP contribution in [0.15, 0.2) is 24.8 Å². The lowest BCUT2D eigenvalue weighted by molar-refractivity contribution is 0.101. The molecule has 0 saturated carbocycles. The van der Waals surface area contributed by atoms with Crippen molar-refractivity contribution in [3.05, 3.63) is 35.9 Å². The highest BCUT2D eigenvalue weighted by molar-refractivity contribution is 5.95. The van der Waals surface area contributed by atoms with E-state index in [1.165, 1.54) is 19.3 Å². The van der Waals surface area contributed by atoms with E-state index in [4.69, 9.17) is 0 Å². The maximum absolute atomic E-state index is 11.4. The summed E-state index contributed by atoms with van der Waals surface area (Å²) < 4.78 is 0. The first kappa shape index (κ1) is 11.9. The molecule has 2 heteroatoms. The first-order chi connectivity index (χ1) is 8.22. The van der Waals surface area contributed by atoms with Gasteiger partial charge in [-0.3, -0.25) is 4.79 Å². The molecule has 1 fully saturated rings. The fraction of sp³-hybridized carbons (Fsp3) is 0.400. The Morgan fingerprint density at radius 2 is 2.00 bits per heavy atom. The van der Waals surface area contributed by atoms with Gasteiger partial charge in [-0.1, -0.05) is 24.8 Å². The van der Waals surface area contributed by atoms with Crippen molar-refractivity contribution in [3.8, 4) is 0 Å². The SMILES string of the molecule is C=Cc1ccc(C(C)=O)cc1N1CCCCC1. The third-order valence-electron chi connectivity index (χ3n) is 3.35. The first-order valence-corrected chi connectivity index (χ1v) is 6.25. The average molecular weight is 229 g/mol. The fourth-order valence-electron chi connectivity index (χ4n) is 2.34. The molecular weight excluding hydrogens is 210 g/mol. The molecule has 2 nitrogen and oxygen atoms in total. The van der Waals surface area contributed by atoms with E-state index >= 15 is 0 Å². The number of carbonyl (C=O) groups is 1. The summed E-state index contributed by atoms with van der Waals surface area (Å²) in [5.74, 6) is 0.124. The van der Waals surface area contributed by atoms with Gasteiger partial charge in [-0.2, -0.15) is 0 Å². The summed E-state index contributed by atoms with van der Waals surface area (Å²) in [5.41, 5.74) is 3.07. The molecule has 1 aromatic carbocycles. The Bertz CT molecular complexity index is 431. The van der Waals surface area contributed by atoms with E-state index in [-0.39, 0.29) is 5.78 Å². The number of anilines is 1. The van der Waals surface area contributed by atoms with Crippen molar-refractivity contribution in [1.82, 2.24) is 0 Å². The highest BCUT2D eigenvalue weighted by Crippen LogP contribution is 2.26. The largest absolute Gasteiger partial charge is 0.371 e. The molecule has 0 radical (unpaired) electrons. The molecule has 0 aromatic heterocycles. The van der Waals surface area contributed by atoms with E-state index in [0.717, 1.165) is 29.9 Å². The van der Waals surface area contributed by atoms with Gasteiger partial charge in [-0.25, -0.2) is 0 Å². The molecular formula is C15H19NO. The van der Waals surface area contributed by atoms with Crippen LogP contribution in [0.4, 0.5) is 5.69 Å². The molecule has 1 aliphatic heterocycles. The Balaban J connectivity index is 2.37. The van der Waals surface area contributed by atoms with Crippen LogP contribution in [0.1, 0.15) is 42.1 Å². The van der Waals surface area contributed by atoms with Gasteiger partial charge in [-0.15, -0.1) is 0 Å². The summed E-state index contributed by atoms with van der Waals surface area (Å²) in [4.78, 5) is 13.8. The lowest BCUT2D eigenvalue weighted by Crippen LogP contribution is -2.30. The van der Waals surface area contributed by atoms with Crippen molar-refractivity contribution in [3.63, 3.8) is 0 Å². The zero-order valence-corrected chi connectivity index (χ0v) is 10.4. The number of Topliss-reactive ketones (excluding diaryl/α,β-unsaturated/α-hetero) is 1. The van der Waals surface area contributed by atoms with Crippen LogP contribution in [0.2, 0.25) is 0 Å². The number of hydrogen-bond acceptors (Lipinski definition) is 2. The van der Waals surface area contributed by atoms with E-state index in [1.54, 1.807) is 6.92 Å². The predicted octanol–water partition coefficient (Wildman–Crippen LogP) is 3.52. The highest BCUT2D eigenvalue weighted by atomic mass is 16.1. The molecule has 1 saturated heterocycles. The Hall–Kier alpha value is -1.57. The number of ketones is 1. The minimum absolute atomic E-state index is 0.124. The minimum atomic E-state index is 0.124. The Morgan fingerprint density at radius 1 is 1.29 bits per heavy atom. The number of benzene rings is 1. The number of piperidine rings is 1. The minimum Gasteiger partial charge on any atom is -0.371 e. The summed E-state index contributed by atoms with van der Waals surface area (Å²) in [6, 6.07) is 5.88. The van der Waals surface area contributed by atoms with Crippen LogP contribution in [0.25, 0.3) is 6.08 Å². The first-order valence-electron chi connectivity index (χ1n) is 6.25. The monoisotopic (exact) mass is 229 g/mol. The van der Waals surface area contributed by atoms with Crippen LogP contribution < -0.4 is 4.90 Å². The van der Waals surface area contributed by atoms with Crippen LogP contribution in [0.3, 0.4) is 0 Å². The Labute approximate surface area is 103 Å². The molecule has 1 heterocycles. The van der Waals surface area contributed by atoms with E-state index in [0.29, 0.717) is 0 Å². The van der Waals surface area contributed by atoms with E-state index < -0.39 is 0 Å². The predicted molar refractivity (Wildman–Crippen MR) is 72.6 cm³/mol. The van der Waals surface area contributed by atoms with Gasteiger partial charge in [0.2, 0.25) is 0 Å². The van der Waals surface area contributed by atoms with E-state index in [1.807, 2.05) is 24.3 Å². The molecule has 0 bridgehead atoms. The summed E-state index contributed by atoms with van der Waals surface area (Å²) >= 11 is 0. The molecule has 0 atom stereocenters. The second-order valence-electron chi connectivity index (χ2n) is 4.58. The van der Waals surface area contributed by atoms with Gasteiger partial charge in [0.1, 0.15) is 0 Å². The van der Waals surface area contributed by atoms with Gasteiger partial charge in [0.05, 0.1) is 0 Å². The van der Waals surface area contributed by atoms with Crippen LogP contribution in [0, 0.1) is 0 Å². The normalized spacial score (nSPS) is 15.7. The van der Waals surface area contributed by atoms with E-state index in [9.17, 15) is 4.79 Å². The van der Waals surface area contributed by atoms with Crippen LogP contribution in [-0.2, 0) is 0 Å². The summed E-state index contributed by atoms with van der Waals surface area (Å²) in [6.45, 7) is 7.63. The molecule has 1 aromatic rings. The van der Waals surface area contributed by atoms with Crippen molar-refractivity contribution >= 4 is 17.5 Å². The summed E-state index contributed by atoms with van der Waals surface area (Å²) in [6.07, 6.45) is 5.65. The molecule has 0 N–H and O–H groups in total. The van der Waals surface area contributed by atoms with Crippen molar-refractivity contribution in [2.75, 3.05) is 18.0 Å². The average Bonchev–Trinajstić information content (AvgIpc) is 2.39. The number of hydrogen-bond donors (Lipinski definition) is 0. The van der Waals surface area contributed by atoms with Gasteiger partial charge in [-0.05, 0) is 37.8 Å². The quantitative estimate of drug-likeness (QED) is 0.739. The maximum atomic E-state index is 11.4. The third-order valence-corrected chi connectivity index (χ3v) is 3.35. The zero-order valence-electron chi connectivity index (χ0n) is 10.4. The highest BCUT2D eigenvalue weighted by Gasteiger charge is 2.14. The van der Waals surface area contributed by atoms with Crippen molar-refractivity contribution in [2.24, 2.45) is 0 Å². The molecule has 17 heavy (non-hydrogen) atoms. The lowest BCUT2D eigenvalue weighted by atomic mass is 10.0. The van der Waals surface area contributed by atoms with Gasteiger partial charge < -0.3 is 4.90 Å². The van der Waals surface area contributed by atoms with Crippen LogP contribution in [-0.4, -0.2) is 18.9 Å². The summed E-state index contributed by atoms with van der Waals surface area (Å²) in [7, 11) is 0. The van der Waals surface area contributed by atoms with Crippen LogP contribution in [0.5, 0.6) is 0 Å². The van der Waals surface area contributed by atoms with Gasteiger partial charge >= 0.3 is 0 Å². The molecule has 0 spiro atoms. The summed E-state index contributed by atoms with van der Waals surface area (Å²) in [5, 5.41) is 0. The molecule has 0 aliphatic carbocycles. The van der Waals surface area contributed by atoms with Crippen molar-refractivity contribution in [1.29, 1.82) is 0 Å². The second kappa shape index (κ2) is 5.17. The van der Waals surface area contributed by atoms with Crippen LogP contribution >= 0.6 is 0 Å². The second-order valence-corrected chi connectivity index (χ2v) is 4.58. The molecule has 0 amide bonds. The van der Waals surface area contributed by atoms with Gasteiger partial charge in [0.15, 0.2) is 5.78 Å². The van der Waals surface area contributed by atoms with Gasteiger partial charge in [0.25, 0.3) is 0 Å². The van der Waals surface area contributed by atoms with Crippen molar-refractivity contribution in [2.45, 2.75) is 26.2 Å². The van der Waals surface area contributed by atoms with E-state index in [2.05, 4.69) is 11.5 Å². The Morgan fingerprint density at radius 3 is 2.59 bits per heavy atom. The molecule has 90 valence electrons. The fourth-order valence-corrected chi connectivity index (χ4v) is 2.34. The number of nitrogens with zero attached hydrogens (tertiary/aromatic N) is 1. The standard InChI is InChI=1S/C15H19NO/c1-3-13-7-8-14(12(2)17)11-15(13)16-9-5-4-6-10-16/h3,7-8,11H,1,4-6,9-10H2,2H3. The van der Waals surface area contributed by atoms with Crippen molar-refractivity contribution < 1.29 is 4.79 Å². The maximum Gasteiger partial charge on any atom is 0.159 e. The molecule has 0 unspecified atom stereocenters. The topological polar surface area (TPSA) is 20.3 Å². The number of rotatable bonds is 3. The number of carbonyl (C=O) groups excluding carboxylic acids is 1. The smallest absolute Gasteiger partial charge is 0.159 e. The zero-order chi connectivity index (χ0) is 12.3. The lowest BCUT2D eigenvalue weighted by Gasteiger charge is -2.30. The van der Waals surface area contributed by atoms with Gasteiger partial charge in [0, 0.05) is 24.3 Å². The molecule has 2 rings (SSSR count). The third kappa shape index (κ3) is 2.57. The Kier molecular flexibility index (Phi) is 3.62.